The van der Waals surface area contributed by atoms with E-state index < -0.39 is 11.5 Å². The topological polar surface area (TPSA) is 58.2 Å². The fourth-order valence-electron chi connectivity index (χ4n) is 1.46. The summed E-state index contributed by atoms with van der Waals surface area (Å²) < 4.78 is 12.5. The summed E-state index contributed by atoms with van der Waals surface area (Å²) in [6.07, 6.45) is 1.83. The molecule has 4 nitrogen and oxygen atoms in total. The van der Waals surface area contributed by atoms with Gasteiger partial charge in [0.05, 0.1) is 0 Å². The van der Waals surface area contributed by atoms with Crippen molar-refractivity contribution in [3.05, 3.63) is 24.3 Å². The quantitative estimate of drug-likeness (QED) is 0.826. The fourth-order valence-corrected chi connectivity index (χ4v) is 1.52. The Morgan fingerprint density at radius 3 is 2.44 bits per heavy atom. The number of halogens is 2. The van der Waals surface area contributed by atoms with E-state index in [1.807, 2.05) is 0 Å². The van der Waals surface area contributed by atoms with E-state index in [1.54, 1.807) is 24.3 Å². The zero-order chi connectivity index (χ0) is 13.1. The lowest BCUT2D eigenvalue weighted by molar-refractivity contribution is -0.118. The first-order valence-corrected chi connectivity index (χ1v) is 6.00. The third-order valence-corrected chi connectivity index (χ3v) is 2.74. The second kappa shape index (κ2) is 5.35. The molecular weight excluding hydrogens is 259 g/mol. The summed E-state index contributed by atoms with van der Waals surface area (Å²) in [5, 5.41) is 5.03. The summed E-state index contributed by atoms with van der Waals surface area (Å²) in [5.74, 6) is -0.858. The molecule has 1 atom stereocenters. The van der Waals surface area contributed by atoms with Gasteiger partial charge in [0.1, 0.15) is 0 Å². The van der Waals surface area contributed by atoms with Crippen LogP contribution < -0.4 is 10.6 Å². The first-order chi connectivity index (χ1) is 8.56. The van der Waals surface area contributed by atoms with E-state index in [2.05, 4.69) is 10.6 Å². The molecule has 1 fully saturated rings. The molecule has 6 heteroatoms. The van der Waals surface area contributed by atoms with Gasteiger partial charge in [-0.15, -0.1) is 0 Å². The van der Waals surface area contributed by atoms with Crippen LogP contribution in [0, 0.1) is 5.92 Å². The summed E-state index contributed by atoms with van der Waals surface area (Å²) in [5.41, 5.74) is -1.14. The molecule has 2 rings (SSSR count). The number of carbonyl (C=O) groups excluding carboxylic acids is 2. The van der Waals surface area contributed by atoms with E-state index >= 15 is 0 Å². The Morgan fingerprint density at radius 2 is 1.89 bits per heavy atom. The smallest absolute Gasteiger partial charge is 0.274 e. The van der Waals surface area contributed by atoms with Gasteiger partial charge >= 0.3 is 0 Å². The zero-order valence-corrected chi connectivity index (χ0v) is 10.2. The van der Waals surface area contributed by atoms with E-state index in [0.29, 0.717) is 11.4 Å². The number of alkyl halides is 2. The average molecular weight is 271 g/mol. The molecular formula is C12H12ClFN2O2. The van der Waals surface area contributed by atoms with E-state index in [1.165, 1.54) is 0 Å². The van der Waals surface area contributed by atoms with Crippen LogP contribution in [-0.4, -0.2) is 17.4 Å². The molecule has 1 aromatic carbocycles. The molecule has 0 aliphatic heterocycles. The molecule has 0 bridgehead atoms. The van der Waals surface area contributed by atoms with Gasteiger partial charge in [-0.1, -0.05) is 17.7 Å². The lowest BCUT2D eigenvalue weighted by Crippen LogP contribution is -2.19. The molecule has 0 saturated heterocycles. The summed E-state index contributed by atoms with van der Waals surface area (Å²) in [6.45, 7) is 0. The molecule has 1 unspecified atom stereocenters. The molecule has 1 saturated carbocycles. The number of hydrogen-bond acceptors (Lipinski definition) is 2. The molecule has 0 aromatic heterocycles. The van der Waals surface area contributed by atoms with E-state index in [-0.39, 0.29) is 11.8 Å². The highest BCUT2D eigenvalue weighted by Crippen LogP contribution is 2.30. The van der Waals surface area contributed by atoms with Crippen molar-refractivity contribution in [3.63, 3.8) is 0 Å². The minimum absolute atomic E-state index is 0.0285. The van der Waals surface area contributed by atoms with Gasteiger partial charge in [0, 0.05) is 17.3 Å². The molecule has 1 aromatic rings. The van der Waals surface area contributed by atoms with E-state index in [4.69, 9.17) is 11.6 Å². The highest BCUT2D eigenvalue weighted by molar-refractivity contribution is 6.31. The number of benzene rings is 1. The minimum atomic E-state index is -2.09. The standard InChI is InChI=1S/C12H12ClFN2O2/c13-10(14)12(18)16-9-3-1-2-8(6-9)15-11(17)7-4-5-7/h1-3,6-7,10H,4-5H2,(H,15,17)(H,16,18). The monoisotopic (exact) mass is 270 g/mol. The van der Waals surface area contributed by atoms with Crippen LogP contribution in [0.4, 0.5) is 15.8 Å². The summed E-state index contributed by atoms with van der Waals surface area (Å²) in [6, 6.07) is 6.49. The Balaban J connectivity index is 2.00. The highest BCUT2D eigenvalue weighted by Gasteiger charge is 2.29. The van der Waals surface area contributed by atoms with Crippen molar-refractivity contribution in [2.24, 2.45) is 5.92 Å². The number of rotatable bonds is 4. The molecule has 0 spiro atoms. The lowest BCUT2D eigenvalue weighted by atomic mass is 10.2. The Kier molecular flexibility index (Phi) is 3.81. The third-order valence-electron chi connectivity index (χ3n) is 2.54. The Morgan fingerprint density at radius 1 is 1.28 bits per heavy atom. The van der Waals surface area contributed by atoms with Gasteiger partial charge in [0.25, 0.3) is 11.5 Å². The fraction of sp³-hybridized carbons (Fsp3) is 0.333. The molecule has 0 radical (unpaired) electrons. The lowest BCUT2D eigenvalue weighted by Gasteiger charge is -2.08. The molecule has 1 aliphatic carbocycles. The van der Waals surface area contributed by atoms with Crippen molar-refractivity contribution >= 4 is 34.8 Å². The van der Waals surface area contributed by atoms with Crippen LogP contribution in [0.5, 0.6) is 0 Å². The van der Waals surface area contributed by atoms with Crippen molar-refractivity contribution in [3.8, 4) is 0 Å². The van der Waals surface area contributed by atoms with Gasteiger partial charge in [0.2, 0.25) is 5.91 Å². The Labute approximate surface area is 109 Å². The maximum Gasteiger partial charge on any atom is 0.274 e. The number of hydrogen-bond donors (Lipinski definition) is 2. The summed E-state index contributed by atoms with van der Waals surface area (Å²) >= 11 is 5.00. The number of nitrogens with one attached hydrogen (secondary N) is 2. The molecule has 0 heterocycles. The maximum absolute atomic E-state index is 12.5. The largest absolute Gasteiger partial charge is 0.326 e. The number of carbonyl (C=O) groups is 2. The SMILES string of the molecule is O=C(Nc1cccc(NC(=O)C2CC2)c1)C(F)Cl. The van der Waals surface area contributed by atoms with Gasteiger partial charge in [-0.2, -0.15) is 0 Å². The van der Waals surface area contributed by atoms with Gasteiger partial charge in [-0.3, -0.25) is 9.59 Å². The van der Waals surface area contributed by atoms with Crippen LogP contribution in [0.2, 0.25) is 0 Å². The van der Waals surface area contributed by atoms with Crippen LogP contribution in [0.3, 0.4) is 0 Å². The molecule has 2 amide bonds. The Bertz CT molecular complexity index is 444. The first-order valence-electron chi connectivity index (χ1n) is 5.56. The number of amides is 2. The van der Waals surface area contributed by atoms with E-state index in [9.17, 15) is 14.0 Å². The Hall–Kier alpha value is -1.62. The molecule has 96 valence electrons. The van der Waals surface area contributed by atoms with Crippen molar-refractivity contribution < 1.29 is 14.0 Å². The summed E-state index contributed by atoms with van der Waals surface area (Å²) in [7, 11) is 0. The zero-order valence-electron chi connectivity index (χ0n) is 9.45. The van der Waals surface area contributed by atoms with Crippen molar-refractivity contribution in [2.75, 3.05) is 10.6 Å². The molecule has 2 N–H and O–H groups in total. The second-order valence-electron chi connectivity index (χ2n) is 4.13. The molecule has 1 aliphatic rings. The normalized spacial score (nSPS) is 15.9. The average Bonchev–Trinajstić information content (AvgIpc) is 3.12. The third kappa shape index (κ3) is 3.43. The minimum Gasteiger partial charge on any atom is -0.326 e. The predicted octanol–water partition coefficient (Wildman–Crippen LogP) is 2.51. The van der Waals surface area contributed by atoms with Crippen molar-refractivity contribution in [2.45, 2.75) is 18.5 Å². The summed E-state index contributed by atoms with van der Waals surface area (Å²) in [4.78, 5) is 22.6. The van der Waals surface area contributed by atoms with Gasteiger partial charge in [0.15, 0.2) is 0 Å². The van der Waals surface area contributed by atoms with Crippen LogP contribution in [0.25, 0.3) is 0 Å². The van der Waals surface area contributed by atoms with Gasteiger partial charge in [-0.05, 0) is 31.0 Å². The second-order valence-corrected chi connectivity index (χ2v) is 4.52. The number of anilines is 2. The first kappa shape index (κ1) is 12.8. The van der Waals surface area contributed by atoms with Crippen molar-refractivity contribution in [1.29, 1.82) is 0 Å². The van der Waals surface area contributed by atoms with Crippen LogP contribution in [-0.2, 0) is 9.59 Å². The van der Waals surface area contributed by atoms with Crippen LogP contribution in [0.15, 0.2) is 24.3 Å². The van der Waals surface area contributed by atoms with Crippen LogP contribution in [0.1, 0.15) is 12.8 Å². The van der Waals surface area contributed by atoms with Crippen molar-refractivity contribution in [1.82, 2.24) is 0 Å². The van der Waals surface area contributed by atoms with E-state index in [0.717, 1.165) is 12.8 Å². The highest BCUT2D eigenvalue weighted by atomic mass is 35.5. The maximum atomic E-state index is 12.5. The van der Waals surface area contributed by atoms with Crippen LogP contribution >= 0.6 is 11.6 Å². The molecule has 18 heavy (non-hydrogen) atoms. The van der Waals surface area contributed by atoms with Gasteiger partial charge in [-0.25, -0.2) is 4.39 Å². The predicted molar refractivity (Wildman–Crippen MR) is 67.2 cm³/mol. The van der Waals surface area contributed by atoms with Gasteiger partial charge < -0.3 is 10.6 Å².